The molecule has 0 aliphatic rings. The van der Waals surface area contributed by atoms with Crippen molar-refractivity contribution in [3.63, 3.8) is 0 Å². The van der Waals surface area contributed by atoms with Gasteiger partial charge in [-0.15, -0.1) is 11.3 Å². The van der Waals surface area contributed by atoms with Gasteiger partial charge in [-0.3, -0.25) is 9.59 Å². The van der Waals surface area contributed by atoms with Crippen LogP contribution in [0.1, 0.15) is 29.8 Å². The zero-order valence-electron chi connectivity index (χ0n) is 14.9. The smallest absolute Gasteiger partial charge is 0.338 e. The fourth-order valence-corrected chi connectivity index (χ4v) is 3.61. The summed E-state index contributed by atoms with van der Waals surface area (Å²) < 4.78 is 6.57. The molecule has 6 nitrogen and oxygen atoms in total. The Balaban J connectivity index is 1.80. The Bertz CT molecular complexity index is 991. The lowest BCUT2D eigenvalue weighted by Crippen LogP contribution is -2.12. The molecule has 138 valence electrons. The van der Waals surface area contributed by atoms with Crippen LogP contribution in [0.5, 0.6) is 0 Å². The first-order chi connectivity index (χ1) is 12.9. The monoisotopic (exact) mass is 382 g/mol. The molecule has 1 heterocycles. The Morgan fingerprint density at radius 2 is 1.59 bits per heavy atom. The van der Waals surface area contributed by atoms with E-state index < -0.39 is 5.97 Å². The molecule has 3 aromatic rings. The molecule has 2 aromatic carbocycles. The van der Waals surface area contributed by atoms with Crippen LogP contribution in [-0.4, -0.2) is 17.8 Å². The fraction of sp³-hybridized carbons (Fsp3) is 0.150. The van der Waals surface area contributed by atoms with Crippen molar-refractivity contribution in [1.29, 1.82) is 0 Å². The Kier molecular flexibility index (Phi) is 5.52. The van der Waals surface area contributed by atoms with Gasteiger partial charge in [-0.2, -0.15) is 0 Å². The summed E-state index contributed by atoms with van der Waals surface area (Å²) in [4.78, 5) is 35.1. The molecule has 1 aromatic heterocycles. The summed E-state index contributed by atoms with van der Waals surface area (Å²) in [6.45, 7) is 2.87. The number of carbonyl (C=O) groups is 3. The van der Waals surface area contributed by atoms with Crippen molar-refractivity contribution in [3.8, 4) is 0 Å². The summed E-state index contributed by atoms with van der Waals surface area (Å²) in [6.07, 6.45) is 0. The first-order valence-corrected chi connectivity index (χ1v) is 9.13. The van der Waals surface area contributed by atoms with Crippen LogP contribution in [-0.2, 0) is 20.9 Å². The number of nitrogens with one attached hydrogen (secondary N) is 2. The van der Waals surface area contributed by atoms with E-state index in [0.29, 0.717) is 11.4 Å². The molecule has 3 rings (SSSR count). The van der Waals surface area contributed by atoms with E-state index in [1.807, 2.05) is 29.6 Å². The first kappa shape index (κ1) is 18.6. The summed E-state index contributed by atoms with van der Waals surface area (Å²) in [5.74, 6) is -1.10. The number of amides is 2. The number of fused-ring (bicyclic) bond motifs is 1. The molecule has 0 saturated carbocycles. The number of thiophene rings is 1. The minimum absolute atomic E-state index is 0.142. The Hall–Kier alpha value is -3.19. The average molecular weight is 382 g/mol. The molecular weight excluding hydrogens is 364 g/mol. The molecule has 0 saturated heterocycles. The van der Waals surface area contributed by atoms with Gasteiger partial charge in [0.25, 0.3) is 0 Å². The number of hydrogen-bond acceptors (Lipinski definition) is 5. The third kappa shape index (κ3) is 4.71. The first-order valence-electron chi connectivity index (χ1n) is 8.25. The van der Waals surface area contributed by atoms with E-state index in [4.69, 9.17) is 4.74 Å². The topological polar surface area (TPSA) is 84.5 Å². The average Bonchev–Trinajstić information content (AvgIpc) is 3.01. The Labute approximate surface area is 160 Å². The quantitative estimate of drug-likeness (QED) is 0.649. The lowest BCUT2D eigenvalue weighted by Gasteiger charge is -2.10. The van der Waals surface area contributed by atoms with Gasteiger partial charge < -0.3 is 15.4 Å². The van der Waals surface area contributed by atoms with Gasteiger partial charge in [0, 0.05) is 35.5 Å². The lowest BCUT2D eigenvalue weighted by molar-refractivity contribution is -0.115. The predicted octanol–water partition coefficient (Wildman–Crippen LogP) is 4.18. The minimum Gasteiger partial charge on any atom is -0.457 e. The minimum atomic E-state index is -0.538. The zero-order valence-corrected chi connectivity index (χ0v) is 15.7. The second kappa shape index (κ2) is 8.01. The normalized spacial score (nSPS) is 10.4. The molecule has 2 amide bonds. The lowest BCUT2D eigenvalue weighted by atomic mass is 10.1. The number of carbonyl (C=O) groups excluding carboxylic acids is 3. The van der Waals surface area contributed by atoms with Gasteiger partial charge in [-0.1, -0.05) is 18.2 Å². The van der Waals surface area contributed by atoms with Crippen molar-refractivity contribution in [3.05, 3.63) is 59.0 Å². The van der Waals surface area contributed by atoms with Gasteiger partial charge >= 0.3 is 5.97 Å². The predicted molar refractivity (Wildman–Crippen MR) is 106 cm³/mol. The van der Waals surface area contributed by atoms with E-state index in [9.17, 15) is 14.4 Å². The van der Waals surface area contributed by atoms with Gasteiger partial charge in [0.15, 0.2) is 0 Å². The maximum absolute atomic E-state index is 12.5. The summed E-state index contributed by atoms with van der Waals surface area (Å²) in [7, 11) is 0. The van der Waals surface area contributed by atoms with Crippen LogP contribution in [0.3, 0.4) is 0 Å². The van der Waals surface area contributed by atoms with Crippen LogP contribution in [0.25, 0.3) is 10.1 Å². The second-order valence-corrected chi connectivity index (χ2v) is 6.91. The molecule has 0 aliphatic heterocycles. The third-order valence-corrected chi connectivity index (χ3v) is 4.74. The largest absolute Gasteiger partial charge is 0.457 e. The van der Waals surface area contributed by atoms with Gasteiger partial charge in [0.2, 0.25) is 11.8 Å². The summed E-state index contributed by atoms with van der Waals surface area (Å²) in [5.41, 5.74) is 1.98. The fourth-order valence-electron chi connectivity index (χ4n) is 2.67. The van der Waals surface area contributed by atoms with Crippen LogP contribution in [0.2, 0.25) is 0 Å². The number of anilines is 2. The Morgan fingerprint density at radius 1 is 0.963 bits per heavy atom. The highest BCUT2D eigenvalue weighted by Gasteiger charge is 2.13. The molecule has 0 bridgehead atoms. The molecule has 27 heavy (non-hydrogen) atoms. The number of ether oxygens (including phenoxy) is 1. The highest BCUT2D eigenvalue weighted by Crippen LogP contribution is 2.27. The van der Waals surface area contributed by atoms with Gasteiger partial charge in [-0.25, -0.2) is 4.79 Å². The van der Waals surface area contributed by atoms with Crippen molar-refractivity contribution in [2.45, 2.75) is 20.5 Å². The number of rotatable bonds is 5. The molecule has 2 N–H and O–H groups in total. The van der Waals surface area contributed by atoms with Crippen molar-refractivity contribution >= 4 is 50.6 Å². The number of benzene rings is 2. The van der Waals surface area contributed by atoms with E-state index in [-0.39, 0.29) is 24.0 Å². The van der Waals surface area contributed by atoms with Crippen molar-refractivity contribution in [1.82, 2.24) is 0 Å². The maximum Gasteiger partial charge on any atom is 0.338 e. The third-order valence-electron chi connectivity index (χ3n) is 3.73. The van der Waals surface area contributed by atoms with Crippen LogP contribution in [0.15, 0.2) is 47.8 Å². The Morgan fingerprint density at radius 3 is 2.22 bits per heavy atom. The van der Waals surface area contributed by atoms with Crippen molar-refractivity contribution in [2.24, 2.45) is 0 Å². The summed E-state index contributed by atoms with van der Waals surface area (Å²) in [5, 5.41) is 8.25. The number of hydrogen-bond donors (Lipinski definition) is 2. The SMILES string of the molecule is CC(=O)Nc1cc(NC(C)=O)cc(C(=O)OCc2csc3ccccc23)c1. The van der Waals surface area contributed by atoms with E-state index in [0.717, 1.165) is 15.6 Å². The maximum atomic E-state index is 12.5. The molecule has 0 fully saturated rings. The summed E-state index contributed by atoms with van der Waals surface area (Å²) >= 11 is 1.59. The van der Waals surface area contributed by atoms with Crippen LogP contribution in [0, 0.1) is 0 Å². The summed E-state index contributed by atoms with van der Waals surface area (Å²) in [6, 6.07) is 12.5. The van der Waals surface area contributed by atoms with Crippen molar-refractivity contribution < 1.29 is 19.1 Å². The highest BCUT2D eigenvalue weighted by atomic mass is 32.1. The zero-order chi connectivity index (χ0) is 19.4. The van der Waals surface area contributed by atoms with Crippen LogP contribution in [0.4, 0.5) is 11.4 Å². The molecule has 0 unspecified atom stereocenters. The van der Waals surface area contributed by atoms with Gasteiger partial charge in [0.05, 0.1) is 5.56 Å². The van der Waals surface area contributed by atoms with E-state index >= 15 is 0 Å². The van der Waals surface area contributed by atoms with Crippen LogP contribution >= 0.6 is 11.3 Å². The molecule has 0 aliphatic carbocycles. The van der Waals surface area contributed by atoms with E-state index in [1.165, 1.54) is 26.0 Å². The van der Waals surface area contributed by atoms with Crippen LogP contribution < -0.4 is 10.6 Å². The van der Waals surface area contributed by atoms with Gasteiger partial charge in [-0.05, 0) is 35.0 Å². The van der Waals surface area contributed by atoms with Gasteiger partial charge in [0.1, 0.15) is 6.61 Å². The van der Waals surface area contributed by atoms with E-state index in [2.05, 4.69) is 10.6 Å². The molecule has 7 heteroatoms. The van der Waals surface area contributed by atoms with Crippen molar-refractivity contribution in [2.75, 3.05) is 10.6 Å². The van der Waals surface area contributed by atoms with E-state index in [1.54, 1.807) is 17.4 Å². The molecule has 0 atom stereocenters. The number of esters is 1. The standard InChI is InChI=1S/C20H18N2O4S/c1-12(23)21-16-7-14(8-17(9-16)22-13(2)24)20(25)26-10-15-11-27-19-6-4-3-5-18(15)19/h3-9,11H,10H2,1-2H3,(H,21,23)(H,22,24). The molecule has 0 radical (unpaired) electrons. The second-order valence-electron chi connectivity index (χ2n) is 5.99. The molecular formula is C20H18N2O4S. The highest BCUT2D eigenvalue weighted by molar-refractivity contribution is 7.17. The molecule has 0 spiro atoms.